The lowest BCUT2D eigenvalue weighted by Crippen LogP contribution is -2.52. The lowest BCUT2D eigenvalue weighted by molar-refractivity contribution is -0.126. The first-order valence-electron chi connectivity index (χ1n) is 7.68. The molecule has 0 bridgehead atoms. The average molecular weight is 304 g/mol. The van der Waals surface area contributed by atoms with Gasteiger partial charge >= 0.3 is 0 Å². The highest BCUT2D eigenvalue weighted by Crippen LogP contribution is 2.18. The molecule has 3 atom stereocenters. The van der Waals surface area contributed by atoms with Crippen molar-refractivity contribution < 1.29 is 14.3 Å². The predicted molar refractivity (Wildman–Crippen MR) is 86.1 cm³/mol. The topological polar surface area (TPSA) is 58.6 Å². The Morgan fingerprint density at radius 3 is 2.41 bits per heavy atom. The van der Waals surface area contributed by atoms with Crippen molar-refractivity contribution in [1.29, 1.82) is 0 Å². The van der Waals surface area contributed by atoms with E-state index in [1.807, 2.05) is 26.8 Å². The third-order valence-corrected chi connectivity index (χ3v) is 3.94. The zero-order valence-electron chi connectivity index (χ0n) is 13.6. The molecule has 1 N–H and O–H groups in total. The van der Waals surface area contributed by atoms with Gasteiger partial charge in [0.15, 0.2) is 5.78 Å². The van der Waals surface area contributed by atoms with Crippen LogP contribution in [0.4, 0.5) is 5.69 Å². The molecular formula is C17H24N2O3. The van der Waals surface area contributed by atoms with Crippen LogP contribution in [0.1, 0.15) is 38.1 Å². The second kappa shape index (κ2) is 7.03. The minimum Gasteiger partial charge on any atom is -0.373 e. The van der Waals surface area contributed by atoms with Crippen molar-refractivity contribution in [3.63, 3.8) is 0 Å². The number of rotatable bonds is 4. The Balaban J connectivity index is 2.07. The van der Waals surface area contributed by atoms with Crippen molar-refractivity contribution in [2.45, 2.75) is 45.9 Å². The maximum absolute atomic E-state index is 12.5. The van der Waals surface area contributed by atoms with Crippen molar-refractivity contribution in [3.05, 3.63) is 29.8 Å². The molecule has 0 aromatic heterocycles. The van der Waals surface area contributed by atoms with Gasteiger partial charge in [0.2, 0.25) is 5.91 Å². The Hall–Kier alpha value is -1.72. The summed E-state index contributed by atoms with van der Waals surface area (Å²) in [6.45, 7) is 8.87. The molecule has 120 valence electrons. The molecule has 2 rings (SSSR count). The van der Waals surface area contributed by atoms with Crippen LogP contribution in [0.5, 0.6) is 0 Å². The van der Waals surface area contributed by atoms with Crippen molar-refractivity contribution in [2.75, 3.05) is 18.4 Å². The molecule has 0 spiro atoms. The first-order chi connectivity index (χ1) is 10.4. The number of Topliss-reactive ketones (excluding diaryl/α,β-unsaturated/α-hetero) is 1. The lowest BCUT2D eigenvalue weighted by Gasteiger charge is -2.38. The van der Waals surface area contributed by atoms with E-state index in [1.54, 1.807) is 18.2 Å². The SMILES string of the molecule is CC(=O)c1ccccc1NC(=O)[C@H](C)N1C[C@@H](C)O[C@H](C)C1. The summed E-state index contributed by atoms with van der Waals surface area (Å²) in [6.07, 6.45) is 0.229. The summed E-state index contributed by atoms with van der Waals surface area (Å²) in [5.74, 6) is -0.160. The number of anilines is 1. The molecule has 0 radical (unpaired) electrons. The van der Waals surface area contributed by atoms with E-state index >= 15 is 0 Å². The molecule has 22 heavy (non-hydrogen) atoms. The van der Waals surface area contributed by atoms with Gasteiger partial charge in [-0.2, -0.15) is 0 Å². The second-order valence-corrected chi connectivity index (χ2v) is 5.98. The van der Waals surface area contributed by atoms with Crippen LogP contribution in [0.3, 0.4) is 0 Å². The summed E-state index contributed by atoms with van der Waals surface area (Å²) in [7, 11) is 0. The van der Waals surface area contributed by atoms with E-state index in [-0.39, 0.29) is 29.9 Å². The van der Waals surface area contributed by atoms with Crippen molar-refractivity contribution in [1.82, 2.24) is 4.90 Å². The van der Waals surface area contributed by atoms with Gasteiger partial charge in [-0.25, -0.2) is 0 Å². The number of para-hydroxylation sites is 1. The van der Waals surface area contributed by atoms with E-state index in [9.17, 15) is 9.59 Å². The number of nitrogens with one attached hydrogen (secondary N) is 1. The Morgan fingerprint density at radius 1 is 1.23 bits per heavy atom. The number of hydrogen-bond donors (Lipinski definition) is 1. The summed E-state index contributed by atoms with van der Waals surface area (Å²) < 4.78 is 5.70. The van der Waals surface area contributed by atoms with Gasteiger partial charge in [0.05, 0.1) is 23.9 Å². The third kappa shape index (κ3) is 3.93. The van der Waals surface area contributed by atoms with Gasteiger partial charge in [-0.3, -0.25) is 14.5 Å². The van der Waals surface area contributed by atoms with Gasteiger partial charge in [-0.05, 0) is 39.8 Å². The zero-order chi connectivity index (χ0) is 16.3. The van der Waals surface area contributed by atoms with Crippen LogP contribution in [0.25, 0.3) is 0 Å². The second-order valence-electron chi connectivity index (χ2n) is 5.98. The van der Waals surface area contributed by atoms with E-state index < -0.39 is 0 Å². The van der Waals surface area contributed by atoms with E-state index in [4.69, 9.17) is 4.74 Å². The van der Waals surface area contributed by atoms with E-state index in [0.29, 0.717) is 11.3 Å². The summed E-state index contributed by atoms with van der Waals surface area (Å²) >= 11 is 0. The number of nitrogens with zero attached hydrogens (tertiary/aromatic N) is 1. The van der Waals surface area contributed by atoms with Gasteiger partial charge in [0, 0.05) is 18.7 Å². The number of carbonyl (C=O) groups excluding carboxylic acids is 2. The molecular weight excluding hydrogens is 280 g/mol. The molecule has 1 aliphatic rings. The maximum Gasteiger partial charge on any atom is 0.241 e. The highest BCUT2D eigenvalue weighted by Gasteiger charge is 2.29. The van der Waals surface area contributed by atoms with E-state index in [2.05, 4.69) is 10.2 Å². The number of benzene rings is 1. The summed E-state index contributed by atoms with van der Waals surface area (Å²) in [4.78, 5) is 26.2. The highest BCUT2D eigenvalue weighted by atomic mass is 16.5. The fraction of sp³-hybridized carbons (Fsp3) is 0.529. The molecule has 0 aliphatic carbocycles. The molecule has 1 aromatic rings. The number of carbonyl (C=O) groups is 2. The fourth-order valence-corrected chi connectivity index (χ4v) is 2.84. The highest BCUT2D eigenvalue weighted by molar-refractivity contribution is 6.04. The predicted octanol–water partition coefficient (Wildman–Crippen LogP) is 2.33. The van der Waals surface area contributed by atoms with Gasteiger partial charge in [0.25, 0.3) is 0 Å². The van der Waals surface area contributed by atoms with Gasteiger partial charge < -0.3 is 10.1 Å². The van der Waals surface area contributed by atoms with E-state index in [1.165, 1.54) is 6.92 Å². The van der Waals surface area contributed by atoms with Crippen molar-refractivity contribution >= 4 is 17.4 Å². The normalized spacial score (nSPS) is 23.8. The standard InChI is InChI=1S/C17H24N2O3/c1-11-9-19(10-12(2)22-11)13(3)17(21)18-16-8-6-5-7-15(16)14(4)20/h5-8,11-13H,9-10H2,1-4H3,(H,18,21)/t11-,12-,13+/m1/s1. The molecule has 1 amide bonds. The van der Waals surface area contributed by atoms with Gasteiger partial charge in [0.1, 0.15) is 0 Å². The molecule has 1 heterocycles. The van der Waals surface area contributed by atoms with Gasteiger partial charge in [-0.15, -0.1) is 0 Å². The van der Waals surface area contributed by atoms with Crippen molar-refractivity contribution in [3.8, 4) is 0 Å². The third-order valence-electron chi connectivity index (χ3n) is 3.94. The molecule has 1 aliphatic heterocycles. The monoisotopic (exact) mass is 304 g/mol. The largest absolute Gasteiger partial charge is 0.373 e. The molecule has 1 saturated heterocycles. The van der Waals surface area contributed by atoms with Gasteiger partial charge in [-0.1, -0.05) is 12.1 Å². The summed E-state index contributed by atoms with van der Waals surface area (Å²) in [6, 6.07) is 6.81. The first-order valence-corrected chi connectivity index (χ1v) is 7.68. The minimum atomic E-state index is -0.270. The number of ketones is 1. The number of morpholine rings is 1. The average Bonchev–Trinajstić information content (AvgIpc) is 2.45. The maximum atomic E-state index is 12.5. The quantitative estimate of drug-likeness (QED) is 0.867. The molecule has 1 aromatic carbocycles. The van der Waals surface area contributed by atoms with Crippen LogP contribution in [0.15, 0.2) is 24.3 Å². The lowest BCUT2D eigenvalue weighted by atomic mass is 10.1. The van der Waals surface area contributed by atoms with Crippen LogP contribution in [-0.2, 0) is 9.53 Å². The fourth-order valence-electron chi connectivity index (χ4n) is 2.84. The molecule has 0 unspecified atom stereocenters. The van der Waals surface area contributed by atoms with Crippen LogP contribution >= 0.6 is 0 Å². The summed E-state index contributed by atoms with van der Waals surface area (Å²) in [5.41, 5.74) is 1.10. The van der Waals surface area contributed by atoms with E-state index in [0.717, 1.165) is 13.1 Å². The first kappa shape index (κ1) is 16.6. The molecule has 1 fully saturated rings. The molecule has 0 saturated carbocycles. The van der Waals surface area contributed by atoms with Crippen molar-refractivity contribution in [2.24, 2.45) is 0 Å². The molecule has 5 nitrogen and oxygen atoms in total. The van der Waals surface area contributed by atoms with Crippen LogP contribution < -0.4 is 5.32 Å². The Bertz CT molecular complexity index is 549. The minimum absolute atomic E-state index is 0.0582. The smallest absolute Gasteiger partial charge is 0.241 e. The van der Waals surface area contributed by atoms with Crippen LogP contribution in [-0.4, -0.2) is 47.9 Å². The van der Waals surface area contributed by atoms with Crippen LogP contribution in [0, 0.1) is 0 Å². The Kier molecular flexibility index (Phi) is 5.32. The van der Waals surface area contributed by atoms with Crippen LogP contribution in [0.2, 0.25) is 0 Å². The number of hydrogen-bond acceptors (Lipinski definition) is 4. The number of ether oxygens (including phenoxy) is 1. The Labute approximate surface area is 131 Å². The Morgan fingerprint density at radius 2 is 1.82 bits per heavy atom. The zero-order valence-corrected chi connectivity index (χ0v) is 13.6. The number of amides is 1. The molecule has 5 heteroatoms. The summed E-state index contributed by atoms with van der Waals surface area (Å²) in [5, 5.41) is 2.88.